The summed E-state index contributed by atoms with van der Waals surface area (Å²) in [7, 11) is 0. The Hall–Kier alpha value is -2.77. The summed E-state index contributed by atoms with van der Waals surface area (Å²) in [4.78, 5) is 11.8. The third-order valence-electron chi connectivity index (χ3n) is 4.11. The molecule has 0 aliphatic heterocycles. The van der Waals surface area contributed by atoms with Gasteiger partial charge >= 0.3 is 0 Å². The second kappa shape index (κ2) is 7.63. The zero-order chi connectivity index (χ0) is 17.8. The maximum Gasteiger partial charge on any atom is 0.166 e. The van der Waals surface area contributed by atoms with Crippen molar-refractivity contribution in [2.45, 2.75) is 13.1 Å². The van der Waals surface area contributed by atoms with Crippen LogP contribution in [0.5, 0.6) is 0 Å². The highest BCUT2D eigenvalue weighted by Crippen LogP contribution is 2.25. The molecule has 1 aromatic carbocycles. The molecule has 0 amide bonds. The molecule has 5 nitrogen and oxygen atoms in total. The number of rotatable bonds is 5. The number of thiazole rings is 1. The Morgan fingerprint density at radius 1 is 1.00 bits per heavy atom. The van der Waals surface area contributed by atoms with E-state index in [1.807, 2.05) is 42.0 Å². The minimum atomic E-state index is 0.624. The molecule has 0 radical (unpaired) electrons. The van der Waals surface area contributed by atoms with Crippen LogP contribution in [0.4, 0.5) is 0 Å². The number of pyridine rings is 1. The minimum Gasteiger partial charge on any atom is -0.359 e. The van der Waals surface area contributed by atoms with Gasteiger partial charge in [0.25, 0.3) is 0 Å². The molecular weight excluding hydrogens is 362 g/mol. The smallest absolute Gasteiger partial charge is 0.166 e. The fourth-order valence-electron chi connectivity index (χ4n) is 2.83. The van der Waals surface area contributed by atoms with Gasteiger partial charge in [-0.25, -0.2) is 9.97 Å². The summed E-state index contributed by atoms with van der Waals surface area (Å²) >= 11 is 7.08. The van der Waals surface area contributed by atoms with Crippen LogP contribution >= 0.6 is 23.6 Å². The molecular formula is C19H17N5S2. The van der Waals surface area contributed by atoms with E-state index < -0.39 is 0 Å². The number of hydrogen-bond acceptors (Lipinski definition) is 4. The number of nitrogens with one attached hydrogen (secondary N) is 3. The van der Waals surface area contributed by atoms with Crippen molar-refractivity contribution < 1.29 is 0 Å². The van der Waals surface area contributed by atoms with Gasteiger partial charge in [-0.1, -0.05) is 24.3 Å². The topological polar surface area (TPSA) is 65.6 Å². The standard InChI is InChI=1S/C19H17N5S2/c25-19(24-12-14-5-7-20-17-15(14)6-8-21-17)23-11-13-3-1-2-4-16(13)18-22-9-10-26-18/h1-10H,11-12H2,(H,20,21)(H2,23,24,25). The van der Waals surface area contributed by atoms with Crippen molar-refractivity contribution in [3.05, 3.63) is 71.5 Å². The number of aromatic amines is 1. The lowest BCUT2D eigenvalue weighted by molar-refractivity contribution is 0.836. The number of H-pyrrole nitrogens is 1. The number of aromatic nitrogens is 3. The van der Waals surface area contributed by atoms with E-state index in [4.69, 9.17) is 12.2 Å². The fraction of sp³-hybridized carbons (Fsp3) is 0.105. The molecule has 0 fully saturated rings. The van der Waals surface area contributed by atoms with Gasteiger partial charge in [0.05, 0.1) is 0 Å². The molecule has 0 aliphatic rings. The summed E-state index contributed by atoms with van der Waals surface area (Å²) in [6.07, 6.45) is 5.52. The Morgan fingerprint density at radius 3 is 2.69 bits per heavy atom. The predicted octanol–water partition coefficient (Wildman–Crippen LogP) is 3.85. The van der Waals surface area contributed by atoms with Gasteiger partial charge in [0.15, 0.2) is 5.11 Å². The highest BCUT2D eigenvalue weighted by molar-refractivity contribution is 7.80. The molecule has 0 aliphatic carbocycles. The van der Waals surface area contributed by atoms with Crippen molar-refractivity contribution in [2.24, 2.45) is 0 Å². The van der Waals surface area contributed by atoms with Gasteiger partial charge in [-0.05, 0) is 35.5 Å². The maximum absolute atomic E-state index is 5.44. The van der Waals surface area contributed by atoms with Crippen LogP contribution in [0, 0.1) is 0 Å². The monoisotopic (exact) mass is 379 g/mol. The number of fused-ring (bicyclic) bond motifs is 1. The first-order valence-corrected chi connectivity index (χ1v) is 9.50. The van der Waals surface area contributed by atoms with Gasteiger partial charge in [0.1, 0.15) is 10.7 Å². The Balaban J connectivity index is 1.39. The molecule has 3 heterocycles. The van der Waals surface area contributed by atoms with Crippen LogP contribution in [0.2, 0.25) is 0 Å². The average Bonchev–Trinajstić information content (AvgIpc) is 3.36. The van der Waals surface area contributed by atoms with Crippen molar-refractivity contribution in [2.75, 3.05) is 0 Å². The molecule has 0 atom stereocenters. The zero-order valence-electron chi connectivity index (χ0n) is 13.9. The summed E-state index contributed by atoms with van der Waals surface area (Å²) in [5.74, 6) is 0. The lowest BCUT2D eigenvalue weighted by Crippen LogP contribution is -2.34. The van der Waals surface area contributed by atoms with Crippen LogP contribution in [0.25, 0.3) is 21.6 Å². The van der Waals surface area contributed by atoms with Crippen LogP contribution in [0.3, 0.4) is 0 Å². The second-order valence-corrected chi connectivity index (χ2v) is 7.04. The quantitative estimate of drug-likeness (QED) is 0.460. The van der Waals surface area contributed by atoms with Crippen molar-refractivity contribution in [1.29, 1.82) is 0 Å². The Labute approximate surface area is 160 Å². The molecule has 130 valence electrons. The molecule has 7 heteroatoms. The molecule has 0 saturated heterocycles. The molecule has 0 spiro atoms. The van der Waals surface area contributed by atoms with E-state index in [0.29, 0.717) is 18.2 Å². The minimum absolute atomic E-state index is 0.624. The predicted molar refractivity (Wildman–Crippen MR) is 110 cm³/mol. The highest BCUT2D eigenvalue weighted by atomic mass is 32.1. The van der Waals surface area contributed by atoms with Gasteiger partial charge in [-0.2, -0.15) is 0 Å². The maximum atomic E-state index is 5.44. The molecule has 3 aromatic heterocycles. The van der Waals surface area contributed by atoms with Crippen molar-refractivity contribution in [1.82, 2.24) is 25.6 Å². The van der Waals surface area contributed by atoms with E-state index in [-0.39, 0.29) is 0 Å². The van der Waals surface area contributed by atoms with Crippen LogP contribution < -0.4 is 10.6 Å². The lowest BCUT2D eigenvalue weighted by atomic mass is 10.1. The number of benzene rings is 1. The van der Waals surface area contributed by atoms with Crippen molar-refractivity contribution in [3.63, 3.8) is 0 Å². The van der Waals surface area contributed by atoms with E-state index >= 15 is 0 Å². The highest BCUT2D eigenvalue weighted by Gasteiger charge is 2.08. The third kappa shape index (κ3) is 3.58. The van der Waals surface area contributed by atoms with Gasteiger partial charge in [0, 0.05) is 48.0 Å². The lowest BCUT2D eigenvalue weighted by Gasteiger charge is -2.13. The molecule has 4 rings (SSSR count). The summed E-state index contributed by atoms with van der Waals surface area (Å²) in [6, 6.07) is 12.3. The SMILES string of the molecule is S=C(NCc1ccccc1-c1nccs1)NCc1ccnc2[nH]ccc12. The Bertz CT molecular complexity index is 1020. The van der Waals surface area contributed by atoms with Crippen molar-refractivity contribution in [3.8, 4) is 10.6 Å². The van der Waals surface area contributed by atoms with Crippen LogP contribution in [-0.4, -0.2) is 20.1 Å². The van der Waals surface area contributed by atoms with E-state index in [0.717, 1.165) is 27.2 Å². The summed E-state index contributed by atoms with van der Waals surface area (Å²) in [5.41, 5.74) is 4.36. The normalized spacial score (nSPS) is 10.8. The first-order valence-electron chi connectivity index (χ1n) is 8.22. The zero-order valence-corrected chi connectivity index (χ0v) is 15.5. The summed E-state index contributed by atoms with van der Waals surface area (Å²) in [5, 5.41) is 11.3. The Morgan fingerprint density at radius 2 is 1.85 bits per heavy atom. The molecule has 0 bridgehead atoms. The fourth-order valence-corrected chi connectivity index (χ4v) is 3.67. The molecule has 4 aromatic rings. The molecule has 26 heavy (non-hydrogen) atoms. The largest absolute Gasteiger partial charge is 0.359 e. The second-order valence-electron chi connectivity index (χ2n) is 5.74. The van der Waals surface area contributed by atoms with E-state index in [1.165, 1.54) is 5.56 Å². The number of thiocarbonyl (C=S) groups is 1. The summed E-state index contributed by atoms with van der Waals surface area (Å²) in [6.45, 7) is 1.30. The van der Waals surface area contributed by atoms with Crippen LogP contribution in [0.15, 0.2) is 60.4 Å². The third-order valence-corrected chi connectivity index (χ3v) is 5.20. The average molecular weight is 380 g/mol. The van der Waals surface area contributed by atoms with E-state index in [9.17, 15) is 0 Å². The summed E-state index contributed by atoms with van der Waals surface area (Å²) < 4.78 is 0. The van der Waals surface area contributed by atoms with E-state index in [1.54, 1.807) is 17.5 Å². The van der Waals surface area contributed by atoms with E-state index in [2.05, 4.69) is 37.7 Å². The molecule has 3 N–H and O–H groups in total. The Kier molecular flexibility index (Phi) is 4.90. The number of nitrogens with zero attached hydrogens (tertiary/aromatic N) is 2. The first kappa shape index (κ1) is 16.7. The molecule has 0 unspecified atom stereocenters. The van der Waals surface area contributed by atoms with Crippen LogP contribution in [0.1, 0.15) is 11.1 Å². The van der Waals surface area contributed by atoms with Gasteiger partial charge in [-0.3, -0.25) is 0 Å². The van der Waals surface area contributed by atoms with Gasteiger partial charge in [-0.15, -0.1) is 11.3 Å². The molecule has 0 saturated carbocycles. The first-order chi connectivity index (χ1) is 12.8. The van der Waals surface area contributed by atoms with Crippen LogP contribution in [-0.2, 0) is 13.1 Å². The van der Waals surface area contributed by atoms with Crippen molar-refractivity contribution >= 4 is 39.7 Å². The van der Waals surface area contributed by atoms with Gasteiger partial charge < -0.3 is 15.6 Å². The van der Waals surface area contributed by atoms with Gasteiger partial charge in [0.2, 0.25) is 0 Å². The number of hydrogen-bond donors (Lipinski definition) is 3.